The molecule has 1 unspecified atom stereocenters. The molecule has 2 rings (SSSR count). The molecule has 2 nitrogen and oxygen atoms in total. The van der Waals surface area contributed by atoms with Gasteiger partial charge in [0.05, 0.1) is 6.26 Å². The zero-order valence-electron chi connectivity index (χ0n) is 10.4. The molecule has 0 saturated carbocycles. The SMILES string of the molecule is CNCC(Cc1ccco1)c1ccc(C)cc1. The summed E-state index contributed by atoms with van der Waals surface area (Å²) < 4.78 is 5.43. The molecular formula is C15H19NO. The Morgan fingerprint density at radius 1 is 1.18 bits per heavy atom. The standard InChI is InChI=1S/C15H19NO/c1-12-5-7-13(8-6-12)14(11-16-2)10-15-4-3-9-17-15/h3-9,14,16H,10-11H2,1-2H3. The largest absolute Gasteiger partial charge is 0.469 e. The Morgan fingerprint density at radius 2 is 1.94 bits per heavy atom. The van der Waals surface area contributed by atoms with E-state index >= 15 is 0 Å². The Bertz CT molecular complexity index is 430. The molecule has 1 aromatic heterocycles. The summed E-state index contributed by atoms with van der Waals surface area (Å²) in [6.07, 6.45) is 2.68. The number of likely N-dealkylation sites (N-methyl/N-ethyl adjacent to an activating group) is 1. The number of nitrogens with one attached hydrogen (secondary N) is 1. The van der Waals surface area contributed by atoms with Gasteiger partial charge in [-0.1, -0.05) is 29.8 Å². The molecule has 0 radical (unpaired) electrons. The molecule has 0 aliphatic heterocycles. The summed E-state index contributed by atoms with van der Waals surface area (Å²) in [4.78, 5) is 0. The van der Waals surface area contributed by atoms with Gasteiger partial charge in [-0.3, -0.25) is 0 Å². The minimum absolute atomic E-state index is 0.465. The first-order valence-corrected chi connectivity index (χ1v) is 6.03. The van der Waals surface area contributed by atoms with Crippen LogP contribution >= 0.6 is 0 Å². The predicted molar refractivity (Wildman–Crippen MR) is 70.3 cm³/mol. The van der Waals surface area contributed by atoms with Gasteiger partial charge >= 0.3 is 0 Å². The van der Waals surface area contributed by atoms with Gasteiger partial charge in [-0.2, -0.15) is 0 Å². The van der Waals surface area contributed by atoms with E-state index in [9.17, 15) is 0 Å². The highest BCUT2D eigenvalue weighted by molar-refractivity contribution is 5.26. The highest BCUT2D eigenvalue weighted by Crippen LogP contribution is 2.21. The lowest BCUT2D eigenvalue weighted by Gasteiger charge is -2.16. The van der Waals surface area contributed by atoms with Crippen molar-refractivity contribution in [1.29, 1.82) is 0 Å². The topological polar surface area (TPSA) is 25.2 Å². The van der Waals surface area contributed by atoms with Crippen LogP contribution in [0.25, 0.3) is 0 Å². The van der Waals surface area contributed by atoms with E-state index in [1.54, 1.807) is 6.26 Å². The van der Waals surface area contributed by atoms with Crippen LogP contribution in [0.1, 0.15) is 22.8 Å². The van der Waals surface area contributed by atoms with Gasteiger partial charge in [0.15, 0.2) is 0 Å². The van der Waals surface area contributed by atoms with E-state index < -0.39 is 0 Å². The molecule has 1 N–H and O–H groups in total. The lowest BCUT2D eigenvalue weighted by atomic mass is 9.94. The predicted octanol–water partition coefficient (Wildman–Crippen LogP) is 3.13. The summed E-state index contributed by atoms with van der Waals surface area (Å²) in [5.41, 5.74) is 2.66. The van der Waals surface area contributed by atoms with Crippen LogP contribution in [0.2, 0.25) is 0 Å². The van der Waals surface area contributed by atoms with Crippen molar-refractivity contribution in [2.24, 2.45) is 0 Å². The van der Waals surface area contributed by atoms with Crippen molar-refractivity contribution < 1.29 is 4.42 Å². The van der Waals surface area contributed by atoms with Crippen LogP contribution in [-0.2, 0) is 6.42 Å². The van der Waals surface area contributed by atoms with E-state index in [1.807, 2.05) is 19.2 Å². The van der Waals surface area contributed by atoms with Crippen LogP contribution in [-0.4, -0.2) is 13.6 Å². The van der Waals surface area contributed by atoms with Crippen LogP contribution in [0.4, 0.5) is 0 Å². The molecule has 90 valence electrons. The summed E-state index contributed by atoms with van der Waals surface area (Å²) in [7, 11) is 1.99. The Balaban J connectivity index is 2.13. The number of furan rings is 1. The molecule has 17 heavy (non-hydrogen) atoms. The van der Waals surface area contributed by atoms with Crippen LogP contribution in [0.15, 0.2) is 47.1 Å². The number of aryl methyl sites for hydroxylation is 1. The molecule has 0 spiro atoms. The molecule has 0 aliphatic carbocycles. The number of hydrogen-bond acceptors (Lipinski definition) is 2. The average molecular weight is 229 g/mol. The summed E-state index contributed by atoms with van der Waals surface area (Å²) >= 11 is 0. The smallest absolute Gasteiger partial charge is 0.104 e. The van der Waals surface area contributed by atoms with E-state index in [0.29, 0.717) is 5.92 Å². The summed E-state index contributed by atoms with van der Waals surface area (Å²) in [5.74, 6) is 1.51. The summed E-state index contributed by atoms with van der Waals surface area (Å²) in [6.45, 7) is 3.08. The quantitative estimate of drug-likeness (QED) is 0.852. The van der Waals surface area contributed by atoms with Gasteiger partial charge in [0.2, 0.25) is 0 Å². The monoisotopic (exact) mass is 229 g/mol. The zero-order chi connectivity index (χ0) is 12.1. The van der Waals surface area contributed by atoms with E-state index in [1.165, 1.54) is 11.1 Å². The third kappa shape index (κ3) is 3.21. The molecule has 0 saturated heterocycles. The minimum Gasteiger partial charge on any atom is -0.469 e. The molecule has 0 amide bonds. The van der Waals surface area contributed by atoms with Crippen molar-refractivity contribution in [3.8, 4) is 0 Å². The molecule has 1 aromatic carbocycles. The van der Waals surface area contributed by atoms with Gasteiger partial charge in [0.25, 0.3) is 0 Å². The first kappa shape index (κ1) is 11.9. The molecule has 0 fully saturated rings. The van der Waals surface area contributed by atoms with Gasteiger partial charge in [-0.25, -0.2) is 0 Å². The molecule has 2 aromatic rings. The lowest BCUT2D eigenvalue weighted by Crippen LogP contribution is -2.19. The van der Waals surface area contributed by atoms with Crippen molar-refractivity contribution in [2.75, 3.05) is 13.6 Å². The van der Waals surface area contributed by atoms with Crippen molar-refractivity contribution in [3.63, 3.8) is 0 Å². The lowest BCUT2D eigenvalue weighted by molar-refractivity contribution is 0.479. The van der Waals surface area contributed by atoms with E-state index in [4.69, 9.17) is 4.42 Å². The van der Waals surface area contributed by atoms with Gasteiger partial charge in [-0.15, -0.1) is 0 Å². The second kappa shape index (κ2) is 5.69. The molecule has 1 heterocycles. The van der Waals surface area contributed by atoms with Gasteiger partial charge in [-0.05, 0) is 31.7 Å². The van der Waals surface area contributed by atoms with E-state index in [2.05, 4.69) is 36.5 Å². The van der Waals surface area contributed by atoms with Crippen molar-refractivity contribution >= 4 is 0 Å². The van der Waals surface area contributed by atoms with E-state index in [-0.39, 0.29) is 0 Å². The fourth-order valence-corrected chi connectivity index (χ4v) is 2.06. The van der Waals surface area contributed by atoms with Crippen molar-refractivity contribution in [2.45, 2.75) is 19.3 Å². The molecule has 1 atom stereocenters. The zero-order valence-corrected chi connectivity index (χ0v) is 10.4. The van der Waals surface area contributed by atoms with Crippen LogP contribution in [0.5, 0.6) is 0 Å². The third-order valence-corrected chi connectivity index (χ3v) is 3.03. The fourth-order valence-electron chi connectivity index (χ4n) is 2.06. The van der Waals surface area contributed by atoms with Gasteiger partial charge in [0.1, 0.15) is 5.76 Å². The molecule has 0 bridgehead atoms. The van der Waals surface area contributed by atoms with Crippen LogP contribution < -0.4 is 5.32 Å². The molecular weight excluding hydrogens is 210 g/mol. The van der Waals surface area contributed by atoms with Gasteiger partial charge < -0.3 is 9.73 Å². The first-order chi connectivity index (χ1) is 8.29. The maximum absolute atomic E-state index is 5.43. The molecule has 2 heteroatoms. The highest BCUT2D eigenvalue weighted by Gasteiger charge is 2.12. The maximum atomic E-state index is 5.43. The highest BCUT2D eigenvalue weighted by atomic mass is 16.3. The summed E-state index contributed by atoms with van der Waals surface area (Å²) in [5, 5.41) is 3.25. The Labute approximate surface area is 103 Å². The first-order valence-electron chi connectivity index (χ1n) is 6.03. The average Bonchev–Trinajstić information content (AvgIpc) is 2.82. The van der Waals surface area contributed by atoms with Crippen molar-refractivity contribution in [3.05, 3.63) is 59.5 Å². The second-order valence-electron chi connectivity index (χ2n) is 4.45. The Hall–Kier alpha value is -1.54. The normalized spacial score (nSPS) is 12.6. The Morgan fingerprint density at radius 3 is 2.53 bits per heavy atom. The Kier molecular flexibility index (Phi) is 3.99. The number of rotatable bonds is 5. The number of hydrogen-bond donors (Lipinski definition) is 1. The van der Waals surface area contributed by atoms with Crippen molar-refractivity contribution in [1.82, 2.24) is 5.32 Å². The fraction of sp³-hybridized carbons (Fsp3) is 0.333. The third-order valence-electron chi connectivity index (χ3n) is 3.03. The maximum Gasteiger partial charge on any atom is 0.104 e. The molecule has 0 aliphatic rings. The van der Waals surface area contributed by atoms with Crippen LogP contribution in [0.3, 0.4) is 0 Å². The number of benzene rings is 1. The van der Waals surface area contributed by atoms with E-state index in [0.717, 1.165) is 18.7 Å². The van der Waals surface area contributed by atoms with Gasteiger partial charge in [0, 0.05) is 18.9 Å². The second-order valence-corrected chi connectivity index (χ2v) is 4.45. The van der Waals surface area contributed by atoms with Crippen LogP contribution in [0, 0.1) is 6.92 Å². The minimum atomic E-state index is 0.465. The summed E-state index contributed by atoms with van der Waals surface area (Å²) in [6, 6.07) is 12.7.